The summed E-state index contributed by atoms with van der Waals surface area (Å²) in [6.07, 6.45) is 1.30. The average molecular weight is 433 g/mol. The van der Waals surface area contributed by atoms with Gasteiger partial charge < -0.3 is 4.43 Å². The van der Waals surface area contributed by atoms with E-state index in [-0.39, 0.29) is 10.6 Å². The SMILES string of the molecule is CC(C)(C)[Si](C)(C)OCCC/C(=N\NC(=O)c1cc(F)ccc1F)c1ccccc1. The second-order valence-electron chi connectivity index (χ2n) is 8.70. The van der Waals surface area contributed by atoms with Crippen LogP contribution in [-0.2, 0) is 4.43 Å². The highest BCUT2D eigenvalue weighted by atomic mass is 28.4. The summed E-state index contributed by atoms with van der Waals surface area (Å²) in [4.78, 5) is 12.3. The molecular weight excluding hydrogens is 402 g/mol. The van der Waals surface area contributed by atoms with Gasteiger partial charge in [-0.1, -0.05) is 51.1 Å². The Morgan fingerprint density at radius 2 is 1.77 bits per heavy atom. The monoisotopic (exact) mass is 432 g/mol. The Labute approximate surface area is 178 Å². The molecule has 0 aromatic heterocycles. The zero-order valence-electron chi connectivity index (χ0n) is 18.3. The maximum Gasteiger partial charge on any atom is 0.274 e. The normalized spacial score (nSPS) is 12.7. The summed E-state index contributed by atoms with van der Waals surface area (Å²) < 4.78 is 33.4. The van der Waals surface area contributed by atoms with E-state index in [4.69, 9.17) is 4.43 Å². The molecular formula is C23H30F2N2O2Si. The molecule has 0 fully saturated rings. The number of nitrogens with one attached hydrogen (secondary N) is 1. The number of rotatable bonds is 8. The lowest BCUT2D eigenvalue weighted by Crippen LogP contribution is -2.41. The van der Waals surface area contributed by atoms with Crippen LogP contribution >= 0.6 is 0 Å². The van der Waals surface area contributed by atoms with Crippen molar-refractivity contribution in [3.8, 4) is 0 Å². The molecule has 0 saturated heterocycles. The number of nitrogens with zero attached hydrogens (tertiary/aromatic N) is 1. The van der Waals surface area contributed by atoms with Gasteiger partial charge in [-0.05, 0) is 54.7 Å². The summed E-state index contributed by atoms with van der Waals surface area (Å²) in [6.45, 7) is 11.6. The maximum atomic E-state index is 13.8. The van der Waals surface area contributed by atoms with Gasteiger partial charge in [0.05, 0.1) is 11.3 Å². The van der Waals surface area contributed by atoms with Crippen molar-refractivity contribution < 1.29 is 18.0 Å². The van der Waals surface area contributed by atoms with Crippen LogP contribution in [0.3, 0.4) is 0 Å². The Bertz CT molecular complexity index is 894. The third kappa shape index (κ3) is 6.57. The largest absolute Gasteiger partial charge is 0.417 e. The summed E-state index contributed by atoms with van der Waals surface area (Å²) in [5.74, 6) is -2.28. The molecule has 0 aliphatic heterocycles. The summed E-state index contributed by atoms with van der Waals surface area (Å²) >= 11 is 0. The number of carbonyl (C=O) groups excluding carboxylic acids is 1. The molecule has 0 atom stereocenters. The standard InChI is InChI=1S/C23H30F2N2O2Si/c1-23(2,3)30(4,5)29-15-9-12-21(17-10-7-6-8-11-17)26-27-22(28)19-16-18(24)13-14-20(19)25/h6-8,10-11,13-14,16H,9,12,15H2,1-5H3,(H,27,28)/b26-21+. The highest BCUT2D eigenvalue weighted by molar-refractivity contribution is 6.74. The molecule has 2 aromatic rings. The molecule has 162 valence electrons. The van der Waals surface area contributed by atoms with E-state index in [1.54, 1.807) is 0 Å². The van der Waals surface area contributed by atoms with Crippen molar-refractivity contribution in [1.29, 1.82) is 0 Å². The summed E-state index contributed by atoms with van der Waals surface area (Å²) in [5, 5.41) is 4.34. The number of halogens is 2. The maximum absolute atomic E-state index is 13.8. The van der Waals surface area contributed by atoms with Gasteiger partial charge in [-0.15, -0.1) is 0 Å². The highest BCUT2D eigenvalue weighted by Gasteiger charge is 2.36. The molecule has 1 amide bonds. The second kappa shape index (κ2) is 10.1. The number of hydrogen-bond acceptors (Lipinski definition) is 3. The molecule has 0 bridgehead atoms. The van der Waals surface area contributed by atoms with E-state index in [9.17, 15) is 13.6 Å². The first kappa shape index (κ1) is 23.9. The van der Waals surface area contributed by atoms with Crippen LogP contribution in [0.25, 0.3) is 0 Å². The molecule has 2 rings (SSSR count). The van der Waals surface area contributed by atoms with Crippen LogP contribution in [-0.4, -0.2) is 26.5 Å². The van der Waals surface area contributed by atoms with Crippen molar-refractivity contribution in [2.75, 3.05) is 6.61 Å². The lowest BCUT2D eigenvalue weighted by Gasteiger charge is -2.36. The Balaban J connectivity index is 2.09. The van der Waals surface area contributed by atoms with Gasteiger partial charge in [0.1, 0.15) is 11.6 Å². The zero-order valence-corrected chi connectivity index (χ0v) is 19.3. The Morgan fingerprint density at radius 3 is 2.40 bits per heavy atom. The second-order valence-corrected chi connectivity index (χ2v) is 13.5. The van der Waals surface area contributed by atoms with Crippen molar-refractivity contribution in [3.63, 3.8) is 0 Å². The highest BCUT2D eigenvalue weighted by Crippen LogP contribution is 2.36. The van der Waals surface area contributed by atoms with Crippen molar-refractivity contribution in [1.82, 2.24) is 5.43 Å². The molecule has 0 saturated carbocycles. The fourth-order valence-electron chi connectivity index (χ4n) is 2.53. The van der Waals surface area contributed by atoms with E-state index < -0.39 is 25.9 Å². The minimum Gasteiger partial charge on any atom is -0.417 e. The summed E-state index contributed by atoms with van der Waals surface area (Å²) in [7, 11) is -1.84. The molecule has 4 nitrogen and oxygen atoms in total. The first-order valence-corrected chi connectivity index (χ1v) is 12.9. The number of benzene rings is 2. The molecule has 0 unspecified atom stereocenters. The van der Waals surface area contributed by atoms with Crippen LogP contribution in [0.5, 0.6) is 0 Å². The zero-order chi connectivity index (χ0) is 22.4. The summed E-state index contributed by atoms with van der Waals surface area (Å²) in [5.41, 5.74) is 3.48. The van der Waals surface area contributed by atoms with Crippen LogP contribution in [0.15, 0.2) is 53.6 Å². The van der Waals surface area contributed by atoms with Gasteiger partial charge in [0.15, 0.2) is 8.32 Å². The first-order valence-electron chi connectivity index (χ1n) is 10.0. The Hall–Kier alpha value is -2.38. The van der Waals surface area contributed by atoms with Gasteiger partial charge in [-0.2, -0.15) is 5.10 Å². The van der Waals surface area contributed by atoms with E-state index in [1.807, 2.05) is 30.3 Å². The van der Waals surface area contributed by atoms with Gasteiger partial charge >= 0.3 is 0 Å². The quantitative estimate of drug-likeness (QED) is 0.244. The average Bonchev–Trinajstić information content (AvgIpc) is 2.68. The Kier molecular flexibility index (Phi) is 8.03. The molecule has 7 heteroatoms. The van der Waals surface area contributed by atoms with Crippen molar-refractivity contribution in [3.05, 3.63) is 71.3 Å². The lowest BCUT2D eigenvalue weighted by molar-refractivity contribution is 0.0950. The molecule has 0 aliphatic rings. The Morgan fingerprint density at radius 1 is 1.10 bits per heavy atom. The topological polar surface area (TPSA) is 50.7 Å². The predicted molar refractivity (Wildman–Crippen MR) is 119 cm³/mol. The molecule has 0 radical (unpaired) electrons. The lowest BCUT2D eigenvalue weighted by atomic mass is 10.1. The number of hydrazone groups is 1. The van der Waals surface area contributed by atoms with Crippen LogP contribution < -0.4 is 5.43 Å². The number of carbonyl (C=O) groups is 1. The number of hydrogen-bond donors (Lipinski definition) is 1. The van der Waals surface area contributed by atoms with E-state index >= 15 is 0 Å². The third-order valence-electron chi connectivity index (χ3n) is 5.40. The van der Waals surface area contributed by atoms with Crippen molar-refractivity contribution in [2.24, 2.45) is 5.10 Å². The van der Waals surface area contributed by atoms with Gasteiger partial charge in [-0.3, -0.25) is 4.79 Å². The minimum absolute atomic E-state index is 0.131. The fraction of sp³-hybridized carbons (Fsp3) is 0.391. The van der Waals surface area contributed by atoms with Crippen molar-refractivity contribution in [2.45, 2.75) is 51.7 Å². The molecule has 2 aromatic carbocycles. The van der Waals surface area contributed by atoms with Crippen LogP contribution in [0.4, 0.5) is 8.78 Å². The van der Waals surface area contributed by atoms with Gasteiger partial charge in [0.2, 0.25) is 0 Å². The van der Waals surface area contributed by atoms with E-state index in [1.165, 1.54) is 0 Å². The van der Waals surface area contributed by atoms with E-state index in [0.717, 1.165) is 30.2 Å². The minimum atomic E-state index is -1.84. The van der Waals surface area contributed by atoms with Crippen LogP contribution in [0, 0.1) is 11.6 Å². The third-order valence-corrected chi connectivity index (χ3v) is 9.94. The van der Waals surface area contributed by atoms with E-state index in [0.29, 0.717) is 18.7 Å². The predicted octanol–water partition coefficient (Wildman–Crippen LogP) is 5.90. The molecule has 0 spiro atoms. The fourth-order valence-corrected chi connectivity index (χ4v) is 3.62. The summed E-state index contributed by atoms with van der Waals surface area (Å²) in [6, 6.07) is 12.2. The number of amides is 1. The van der Waals surface area contributed by atoms with Crippen molar-refractivity contribution >= 4 is 19.9 Å². The smallest absolute Gasteiger partial charge is 0.274 e. The van der Waals surface area contributed by atoms with Gasteiger partial charge in [0.25, 0.3) is 5.91 Å². The molecule has 30 heavy (non-hydrogen) atoms. The van der Waals surface area contributed by atoms with Gasteiger partial charge in [0, 0.05) is 6.61 Å². The molecule has 1 N–H and O–H groups in total. The molecule has 0 heterocycles. The van der Waals surface area contributed by atoms with E-state index in [2.05, 4.69) is 44.4 Å². The van der Waals surface area contributed by atoms with Gasteiger partial charge in [-0.25, -0.2) is 14.2 Å². The van der Waals surface area contributed by atoms with Crippen LogP contribution in [0.1, 0.15) is 49.5 Å². The molecule has 0 aliphatic carbocycles. The van der Waals surface area contributed by atoms with Crippen LogP contribution in [0.2, 0.25) is 18.1 Å². The first-order chi connectivity index (χ1) is 14.0.